The van der Waals surface area contributed by atoms with E-state index < -0.39 is 0 Å². The minimum Gasteiger partial charge on any atom is -0.322 e. The number of halogens is 3. The summed E-state index contributed by atoms with van der Waals surface area (Å²) in [5.41, 5.74) is 3.64. The Hall–Kier alpha value is -0.400. The highest BCUT2D eigenvalue weighted by Crippen LogP contribution is 2.26. The average Bonchev–Trinajstić information content (AvgIpc) is 2.38. The molecule has 0 unspecified atom stereocenters. The number of benzene rings is 2. The van der Waals surface area contributed by atoms with E-state index in [4.69, 9.17) is 0 Å². The molecule has 20 heavy (non-hydrogen) atoms. The lowest BCUT2D eigenvalue weighted by Gasteiger charge is -2.11. The number of anilines is 1. The lowest BCUT2D eigenvalue weighted by atomic mass is 10.1. The molecule has 0 atom stereocenters. The minimum absolute atomic E-state index is 0.114. The third-order valence-corrected chi connectivity index (χ3v) is 5.48. The van der Waals surface area contributed by atoms with Crippen LogP contribution in [0.4, 0.5) is 5.69 Å². The first-order valence-electron chi connectivity index (χ1n) is 5.91. The van der Waals surface area contributed by atoms with Crippen molar-refractivity contribution < 1.29 is 4.79 Å². The van der Waals surface area contributed by atoms with Crippen LogP contribution in [0.2, 0.25) is 0 Å². The van der Waals surface area contributed by atoms with Gasteiger partial charge in [0.15, 0.2) is 0 Å². The number of amides is 1. The number of hydrogen-bond donors (Lipinski definition) is 1. The number of nitrogens with one attached hydrogen (secondary N) is 1. The molecule has 0 aliphatic rings. The summed E-state index contributed by atoms with van der Waals surface area (Å²) in [6.45, 7) is 4.02. The molecule has 2 rings (SSSR count). The van der Waals surface area contributed by atoms with E-state index in [0.29, 0.717) is 5.56 Å². The van der Waals surface area contributed by atoms with Crippen LogP contribution in [0.25, 0.3) is 0 Å². The second-order valence-electron chi connectivity index (χ2n) is 4.50. The van der Waals surface area contributed by atoms with Gasteiger partial charge in [-0.05, 0) is 93.8 Å². The second kappa shape index (κ2) is 6.58. The van der Waals surface area contributed by atoms with Gasteiger partial charge in [0.05, 0.1) is 5.56 Å². The Morgan fingerprint density at radius 1 is 1.10 bits per heavy atom. The Labute approximate surface area is 148 Å². The maximum absolute atomic E-state index is 12.3. The molecule has 2 nitrogen and oxygen atoms in total. The smallest absolute Gasteiger partial charge is 0.256 e. The molecule has 2 aromatic carbocycles. The van der Waals surface area contributed by atoms with E-state index in [0.717, 1.165) is 29.3 Å². The van der Waals surface area contributed by atoms with Crippen LogP contribution in [0, 0.1) is 17.4 Å². The van der Waals surface area contributed by atoms with E-state index in [1.54, 1.807) is 0 Å². The van der Waals surface area contributed by atoms with E-state index >= 15 is 0 Å². The van der Waals surface area contributed by atoms with Crippen molar-refractivity contribution in [2.24, 2.45) is 0 Å². The molecule has 0 aromatic heterocycles. The van der Waals surface area contributed by atoms with Crippen molar-refractivity contribution in [2.45, 2.75) is 13.8 Å². The van der Waals surface area contributed by atoms with Crippen LogP contribution in [0.1, 0.15) is 21.5 Å². The highest BCUT2D eigenvalue weighted by atomic mass is 127. The van der Waals surface area contributed by atoms with Crippen molar-refractivity contribution in [3.63, 3.8) is 0 Å². The zero-order valence-electron chi connectivity index (χ0n) is 10.9. The fourth-order valence-electron chi connectivity index (χ4n) is 1.89. The number of aryl methyl sites for hydroxylation is 2. The molecular weight excluding hydrogens is 497 g/mol. The summed E-state index contributed by atoms with van der Waals surface area (Å²) >= 11 is 9.13. The summed E-state index contributed by atoms with van der Waals surface area (Å²) in [5, 5.41) is 2.94. The molecule has 1 amide bonds. The monoisotopic (exact) mass is 507 g/mol. The maximum atomic E-state index is 12.3. The van der Waals surface area contributed by atoms with Gasteiger partial charge in [0, 0.05) is 18.2 Å². The van der Waals surface area contributed by atoms with Gasteiger partial charge in [0.2, 0.25) is 0 Å². The number of carbonyl (C=O) groups excluding carboxylic acids is 1. The SMILES string of the molecule is Cc1cc(NC(=O)c2cc(I)ccc2Br)cc(C)c1Br. The van der Waals surface area contributed by atoms with Gasteiger partial charge in [-0.2, -0.15) is 0 Å². The van der Waals surface area contributed by atoms with E-state index in [1.807, 2.05) is 44.2 Å². The standard InChI is InChI=1S/C15H12Br2INO/c1-8-5-11(6-9(2)14(8)17)19-15(20)12-7-10(18)3-4-13(12)16/h3-7H,1-2H3,(H,19,20). The van der Waals surface area contributed by atoms with E-state index in [2.05, 4.69) is 59.8 Å². The summed E-state index contributed by atoms with van der Waals surface area (Å²) in [5.74, 6) is -0.114. The summed E-state index contributed by atoms with van der Waals surface area (Å²) in [6.07, 6.45) is 0. The third-order valence-electron chi connectivity index (χ3n) is 2.87. The number of carbonyl (C=O) groups is 1. The van der Waals surface area contributed by atoms with Gasteiger partial charge >= 0.3 is 0 Å². The normalized spacial score (nSPS) is 10.4. The Morgan fingerprint density at radius 3 is 2.30 bits per heavy atom. The van der Waals surface area contributed by atoms with Gasteiger partial charge in [-0.25, -0.2) is 0 Å². The topological polar surface area (TPSA) is 29.1 Å². The Kier molecular flexibility index (Phi) is 5.25. The fraction of sp³-hybridized carbons (Fsp3) is 0.133. The Balaban J connectivity index is 2.30. The van der Waals surface area contributed by atoms with Gasteiger partial charge in [-0.3, -0.25) is 4.79 Å². The van der Waals surface area contributed by atoms with Crippen LogP contribution < -0.4 is 5.32 Å². The van der Waals surface area contributed by atoms with Gasteiger partial charge in [-0.15, -0.1) is 0 Å². The van der Waals surface area contributed by atoms with Crippen molar-refractivity contribution in [3.8, 4) is 0 Å². The van der Waals surface area contributed by atoms with E-state index in [1.165, 1.54) is 0 Å². The Morgan fingerprint density at radius 2 is 1.70 bits per heavy atom. The summed E-state index contributed by atoms with van der Waals surface area (Å²) < 4.78 is 2.89. The molecule has 1 N–H and O–H groups in total. The molecule has 0 saturated heterocycles. The summed E-state index contributed by atoms with van der Waals surface area (Å²) in [7, 11) is 0. The minimum atomic E-state index is -0.114. The van der Waals surface area contributed by atoms with E-state index in [9.17, 15) is 4.79 Å². The van der Waals surface area contributed by atoms with Crippen molar-refractivity contribution >= 4 is 66.0 Å². The molecule has 104 valence electrons. The molecule has 0 heterocycles. The number of hydrogen-bond acceptors (Lipinski definition) is 1. The number of rotatable bonds is 2. The molecule has 0 aliphatic carbocycles. The van der Waals surface area contributed by atoms with Gasteiger partial charge in [0.25, 0.3) is 5.91 Å². The highest BCUT2D eigenvalue weighted by Gasteiger charge is 2.12. The van der Waals surface area contributed by atoms with Crippen molar-refractivity contribution in [1.29, 1.82) is 0 Å². The first kappa shape index (κ1) is 16.0. The zero-order valence-corrected chi connectivity index (χ0v) is 16.3. The van der Waals surface area contributed by atoms with Crippen LogP contribution in [0.15, 0.2) is 39.3 Å². The molecular formula is C15H12Br2INO. The van der Waals surface area contributed by atoms with Crippen LogP contribution >= 0.6 is 54.5 Å². The van der Waals surface area contributed by atoms with Gasteiger partial charge < -0.3 is 5.32 Å². The van der Waals surface area contributed by atoms with Gasteiger partial charge in [0.1, 0.15) is 0 Å². The lowest BCUT2D eigenvalue weighted by molar-refractivity contribution is 0.102. The fourth-order valence-corrected chi connectivity index (χ4v) is 3.03. The second-order valence-corrected chi connectivity index (χ2v) is 7.40. The molecule has 0 aliphatic heterocycles. The van der Waals surface area contributed by atoms with Crippen LogP contribution in [-0.2, 0) is 0 Å². The molecule has 0 saturated carbocycles. The van der Waals surface area contributed by atoms with Crippen molar-refractivity contribution in [2.75, 3.05) is 5.32 Å². The largest absolute Gasteiger partial charge is 0.322 e. The molecule has 0 radical (unpaired) electrons. The first-order chi connectivity index (χ1) is 9.38. The van der Waals surface area contributed by atoms with Crippen molar-refractivity contribution in [1.82, 2.24) is 0 Å². The van der Waals surface area contributed by atoms with Crippen molar-refractivity contribution in [3.05, 3.63) is 59.5 Å². The maximum Gasteiger partial charge on any atom is 0.256 e. The quantitative estimate of drug-likeness (QED) is 0.519. The summed E-state index contributed by atoms with van der Waals surface area (Å²) in [6, 6.07) is 9.61. The molecule has 0 spiro atoms. The van der Waals surface area contributed by atoms with Gasteiger partial charge in [-0.1, -0.05) is 15.9 Å². The summed E-state index contributed by atoms with van der Waals surface area (Å²) in [4.78, 5) is 12.3. The van der Waals surface area contributed by atoms with Crippen LogP contribution in [0.5, 0.6) is 0 Å². The average molecular weight is 509 g/mol. The van der Waals surface area contributed by atoms with E-state index in [-0.39, 0.29) is 5.91 Å². The lowest BCUT2D eigenvalue weighted by Crippen LogP contribution is -2.13. The predicted octanol–water partition coefficient (Wildman–Crippen LogP) is 5.69. The molecule has 0 fully saturated rings. The van der Waals surface area contributed by atoms with Crippen LogP contribution in [-0.4, -0.2) is 5.91 Å². The first-order valence-corrected chi connectivity index (χ1v) is 8.58. The predicted molar refractivity (Wildman–Crippen MR) is 98.4 cm³/mol. The molecule has 2 aromatic rings. The zero-order chi connectivity index (χ0) is 14.9. The molecule has 0 bridgehead atoms. The third kappa shape index (κ3) is 3.62. The Bertz CT molecular complexity index is 663. The molecule has 5 heteroatoms. The van der Waals surface area contributed by atoms with Crippen LogP contribution in [0.3, 0.4) is 0 Å². The highest BCUT2D eigenvalue weighted by molar-refractivity contribution is 14.1.